The first kappa shape index (κ1) is 10.7. The molecule has 1 N–H and O–H groups in total. The highest BCUT2D eigenvalue weighted by molar-refractivity contribution is 5.82. The van der Waals surface area contributed by atoms with Crippen molar-refractivity contribution in [2.75, 3.05) is 0 Å². The third-order valence-corrected chi connectivity index (χ3v) is 4.01. The molecule has 0 saturated heterocycles. The van der Waals surface area contributed by atoms with Crippen molar-refractivity contribution in [2.24, 2.45) is 23.2 Å². The SMILES string of the molecule is CC[C@H](C(C)=N)C1[C@H](CC)C1(C)C. The standard InChI is InChI=1S/C12H23N/c1-6-9(8(3)13)11-10(7-2)12(11,4)5/h9-11,13H,6-7H2,1-5H3/t9-,10+,11?/m1/s1. The van der Waals surface area contributed by atoms with Crippen LogP contribution in [-0.4, -0.2) is 5.71 Å². The first-order valence-corrected chi connectivity index (χ1v) is 5.51. The van der Waals surface area contributed by atoms with E-state index in [1.54, 1.807) is 0 Å². The molecule has 0 aromatic heterocycles. The van der Waals surface area contributed by atoms with Gasteiger partial charge in [-0.1, -0.05) is 34.1 Å². The molecule has 0 bridgehead atoms. The van der Waals surface area contributed by atoms with Gasteiger partial charge in [0.05, 0.1) is 0 Å². The minimum Gasteiger partial charge on any atom is -0.310 e. The summed E-state index contributed by atoms with van der Waals surface area (Å²) in [6.07, 6.45) is 2.42. The van der Waals surface area contributed by atoms with E-state index >= 15 is 0 Å². The van der Waals surface area contributed by atoms with E-state index in [9.17, 15) is 0 Å². The molecule has 0 amide bonds. The van der Waals surface area contributed by atoms with Gasteiger partial charge in [-0.25, -0.2) is 0 Å². The van der Waals surface area contributed by atoms with Gasteiger partial charge in [-0.05, 0) is 36.5 Å². The zero-order valence-corrected chi connectivity index (χ0v) is 9.65. The van der Waals surface area contributed by atoms with Crippen LogP contribution in [0.25, 0.3) is 0 Å². The fourth-order valence-corrected chi connectivity index (χ4v) is 3.19. The van der Waals surface area contributed by atoms with Gasteiger partial charge in [-0.3, -0.25) is 0 Å². The fourth-order valence-electron chi connectivity index (χ4n) is 3.19. The predicted molar refractivity (Wildman–Crippen MR) is 58.2 cm³/mol. The molecule has 1 nitrogen and oxygen atoms in total. The van der Waals surface area contributed by atoms with Crippen molar-refractivity contribution in [1.82, 2.24) is 0 Å². The fraction of sp³-hybridized carbons (Fsp3) is 0.917. The van der Waals surface area contributed by atoms with Crippen molar-refractivity contribution in [3.05, 3.63) is 0 Å². The topological polar surface area (TPSA) is 23.9 Å². The van der Waals surface area contributed by atoms with E-state index in [1.165, 1.54) is 6.42 Å². The Morgan fingerprint density at radius 3 is 2.15 bits per heavy atom. The lowest BCUT2D eigenvalue weighted by Gasteiger charge is -2.14. The molecule has 0 radical (unpaired) electrons. The number of rotatable bonds is 4. The van der Waals surface area contributed by atoms with Crippen molar-refractivity contribution in [3.8, 4) is 0 Å². The third-order valence-electron chi connectivity index (χ3n) is 4.01. The third kappa shape index (κ3) is 1.66. The van der Waals surface area contributed by atoms with Gasteiger partial charge in [-0.2, -0.15) is 0 Å². The highest BCUT2D eigenvalue weighted by atomic mass is 14.6. The van der Waals surface area contributed by atoms with Crippen LogP contribution in [0.4, 0.5) is 0 Å². The molecule has 76 valence electrons. The Kier molecular flexibility index (Phi) is 2.84. The highest BCUT2D eigenvalue weighted by Crippen LogP contribution is 2.63. The lowest BCUT2D eigenvalue weighted by molar-refractivity contribution is 0.466. The quantitative estimate of drug-likeness (QED) is 0.639. The second-order valence-electron chi connectivity index (χ2n) is 5.06. The van der Waals surface area contributed by atoms with Crippen LogP contribution < -0.4 is 0 Å². The van der Waals surface area contributed by atoms with Gasteiger partial charge >= 0.3 is 0 Å². The van der Waals surface area contributed by atoms with Crippen molar-refractivity contribution < 1.29 is 0 Å². The van der Waals surface area contributed by atoms with E-state index in [0.717, 1.165) is 24.0 Å². The molecule has 13 heavy (non-hydrogen) atoms. The van der Waals surface area contributed by atoms with Gasteiger partial charge in [0.15, 0.2) is 0 Å². The molecule has 0 aromatic rings. The first-order chi connectivity index (χ1) is 5.96. The summed E-state index contributed by atoms with van der Waals surface area (Å²) in [6, 6.07) is 0. The molecule has 0 heterocycles. The van der Waals surface area contributed by atoms with E-state index in [1.807, 2.05) is 6.92 Å². The van der Waals surface area contributed by atoms with E-state index < -0.39 is 0 Å². The molecule has 1 unspecified atom stereocenters. The van der Waals surface area contributed by atoms with Crippen LogP contribution in [0, 0.1) is 28.6 Å². The first-order valence-electron chi connectivity index (χ1n) is 5.51. The predicted octanol–water partition coefficient (Wildman–Crippen LogP) is 3.73. The molecule has 1 fully saturated rings. The molecule has 1 aliphatic rings. The van der Waals surface area contributed by atoms with Crippen LogP contribution >= 0.6 is 0 Å². The maximum absolute atomic E-state index is 7.76. The molecule has 1 heteroatoms. The number of hydrogen-bond acceptors (Lipinski definition) is 1. The summed E-state index contributed by atoms with van der Waals surface area (Å²) in [4.78, 5) is 0. The molecule has 0 aromatic carbocycles. The zero-order valence-electron chi connectivity index (χ0n) is 9.65. The summed E-state index contributed by atoms with van der Waals surface area (Å²) < 4.78 is 0. The van der Waals surface area contributed by atoms with E-state index in [2.05, 4.69) is 27.7 Å². The summed E-state index contributed by atoms with van der Waals surface area (Å²) in [7, 11) is 0. The van der Waals surface area contributed by atoms with Crippen molar-refractivity contribution >= 4 is 5.71 Å². The lowest BCUT2D eigenvalue weighted by Crippen LogP contribution is -2.14. The second-order valence-corrected chi connectivity index (χ2v) is 5.06. The van der Waals surface area contributed by atoms with E-state index in [-0.39, 0.29) is 0 Å². The van der Waals surface area contributed by atoms with Crippen LogP contribution in [0.5, 0.6) is 0 Å². The average molecular weight is 181 g/mol. The number of nitrogens with one attached hydrogen (secondary N) is 1. The largest absolute Gasteiger partial charge is 0.310 e. The maximum atomic E-state index is 7.76. The molecular weight excluding hydrogens is 158 g/mol. The minimum absolute atomic E-state index is 0.498. The minimum atomic E-state index is 0.498. The van der Waals surface area contributed by atoms with Gasteiger partial charge in [0, 0.05) is 5.71 Å². The Labute approximate surface area is 82.4 Å². The normalized spacial score (nSPS) is 32.7. The van der Waals surface area contributed by atoms with Gasteiger partial charge in [0.1, 0.15) is 0 Å². The van der Waals surface area contributed by atoms with Crippen molar-refractivity contribution in [3.63, 3.8) is 0 Å². The Balaban J connectivity index is 2.69. The Morgan fingerprint density at radius 2 is 1.92 bits per heavy atom. The van der Waals surface area contributed by atoms with Crippen molar-refractivity contribution in [1.29, 1.82) is 5.41 Å². The van der Waals surface area contributed by atoms with Crippen LogP contribution in [-0.2, 0) is 0 Å². The summed E-state index contributed by atoms with van der Waals surface area (Å²) in [6.45, 7) is 11.2. The van der Waals surface area contributed by atoms with Crippen LogP contribution in [0.3, 0.4) is 0 Å². The summed E-state index contributed by atoms with van der Waals surface area (Å²) >= 11 is 0. The van der Waals surface area contributed by atoms with Gasteiger partial charge in [0.2, 0.25) is 0 Å². The monoisotopic (exact) mass is 181 g/mol. The molecular formula is C12H23N. The van der Waals surface area contributed by atoms with Gasteiger partial charge < -0.3 is 5.41 Å². The molecule has 3 atom stereocenters. The summed E-state index contributed by atoms with van der Waals surface area (Å²) in [5.74, 6) is 2.18. The average Bonchev–Trinajstić information content (AvgIpc) is 2.54. The maximum Gasteiger partial charge on any atom is 0.00920 e. The van der Waals surface area contributed by atoms with Gasteiger partial charge in [0.25, 0.3) is 0 Å². The summed E-state index contributed by atoms with van der Waals surface area (Å²) in [5, 5.41) is 7.76. The van der Waals surface area contributed by atoms with Crippen LogP contribution in [0.2, 0.25) is 0 Å². The molecule has 1 saturated carbocycles. The molecule has 0 aliphatic heterocycles. The van der Waals surface area contributed by atoms with Gasteiger partial charge in [-0.15, -0.1) is 0 Å². The van der Waals surface area contributed by atoms with E-state index in [0.29, 0.717) is 11.3 Å². The zero-order chi connectivity index (χ0) is 10.2. The number of hydrogen-bond donors (Lipinski definition) is 1. The Morgan fingerprint density at radius 1 is 1.38 bits per heavy atom. The molecule has 1 rings (SSSR count). The van der Waals surface area contributed by atoms with Crippen LogP contribution in [0.15, 0.2) is 0 Å². The lowest BCUT2D eigenvalue weighted by atomic mass is 9.91. The molecule has 0 spiro atoms. The van der Waals surface area contributed by atoms with Crippen LogP contribution in [0.1, 0.15) is 47.5 Å². The highest BCUT2D eigenvalue weighted by Gasteiger charge is 2.59. The van der Waals surface area contributed by atoms with E-state index in [4.69, 9.17) is 5.41 Å². The second kappa shape index (κ2) is 3.43. The van der Waals surface area contributed by atoms with Crippen molar-refractivity contribution in [2.45, 2.75) is 47.5 Å². The summed E-state index contributed by atoms with van der Waals surface area (Å²) in [5.41, 5.74) is 1.38. The molecule has 1 aliphatic carbocycles. The Hall–Kier alpha value is -0.330. The Bertz CT molecular complexity index is 205. The smallest absolute Gasteiger partial charge is 0.00920 e.